The van der Waals surface area contributed by atoms with Gasteiger partial charge < -0.3 is 9.73 Å². The van der Waals surface area contributed by atoms with Crippen LogP contribution in [0.3, 0.4) is 0 Å². The van der Waals surface area contributed by atoms with E-state index in [0.29, 0.717) is 28.5 Å². The number of aromatic nitrogens is 1. The van der Waals surface area contributed by atoms with Crippen LogP contribution < -0.4 is 5.32 Å². The molecule has 1 heterocycles. The number of hydrogen-bond acceptors (Lipinski definition) is 4. The van der Waals surface area contributed by atoms with Gasteiger partial charge in [-0.2, -0.15) is 0 Å². The molecule has 6 heteroatoms. The summed E-state index contributed by atoms with van der Waals surface area (Å²) in [6.45, 7) is 1.91. The van der Waals surface area contributed by atoms with Crippen molar-refractivity contribution in [3.63, 3.8) is 0 Å². The predicted molar refractivity (Wildman–Crippen MR) is 107 cm³/mol. The molecule has 1 aliphatic carbocycles. The zero-order chi connectivity index (χ0) is 18.4. The molecular weight excluding hydrogens is 368 g/mol. The fraction of sp³-hybridized carbons (Fsp3) is 0.500. The summed E-state index contributed by atoms with van der Waals surface area (Å²) in [7, 11) is 0. The number of thioether (sulfide) groups is 1. The number of halogens is 1. The van der Waals surface area contributed by atoms with Crippen LogP contribution >= 0.6 is 23.4 Å². The first-order valence-corrected chi connectivity index (χ1v) is 10.7. The number of nitrogens with one attached hydrogen (secondary N) is 1. The van der Waals surface area contributed by atoms with Gasteiger partial charge in [0.2, 0.25) is 11.8 Å². The van der Waals surface area contributed by atoms with E-state index in [9.17, 15) is 4.79 Å². The Morgan fingerprint density at radius 1 is 1.23 bits per heavy atom. The zero-order valence-electron chi connectivity index (χ0n) is 15.1. The van der Waals surface area contributed by atoms with E-state index in [-0.39, 0.29) is 5.91 Å². The van der Waals surface area contributed by atoms with Gasteiger partial charge in [0.25, 0.3) is 0 Å². The highest BCUT2D eigenvalue weighted by Gasteiger charge is 2.16. The number of amides is 1. The molecule has 3 rings (SSSR count). The Bertz CT molecular complexity index is 722. The van der Waals surface area contributed by atoms with E-state index in [0.717, 1.165) is 29.9 Å². The van der Waals surface area contributed by atoms with Gasteiger partial charge >= 0.3 is 0 Å². The molecule has 140 valence electrons. The monoisotopic (exact) mass is 392 g/mol. The lowest BCUT2D eigenvalue weighted by Crippen LogP contribution is -2.35. The first kappa shape index (κ1) is 19.3. The summed E-state index contributed by atoms with van der Waals surface area (Å²) in [6.07, 6.45) is 7.27. The summed E-state index contributed by atoms with van der Waals surface area (Å²) in [6, 6.07) is 7.79. The summed E-state index contributed by atoms with van der Waals surface area (Å²) >= 11 is 7.50. The van der Waals surface area contributed by atoms with E-state index in [1.165, 1.54) is 25.7 Å². The van der Waals surface area contributed by atoms with Crippen molar-refractivity contribution >= 4 is 29.3 Å². The lowest BCUT2D eigenvalue weighted by atomic mass is 10.1. The molecule has 2 aromatic rings. The quantitative estimate of drug-likeness (QED) is 0.671. The number of oxazole rings is 1. The topological polar surface area (TPSA) is 55.1 Å². The zero-order valence-corrected chi connectivity index (χ0v) is 16.7. The molecule has 0 bridgehead atoms. The Balaban J connectivity index is 1.48. The molecule has 0 atom stereocenters. The smallest absolute Gasteiger partial charge is 0.230 e. The first-order valence-electron chi connectivity index (χ1n) is 9.21. The molecule has 1 saturated carbocycles. The van der Waals surface area contributed by atoms with Crippen molar-refractivity contribution < 1.29 is 9.21 Å². The second-order valence-electron chi connectivity index (χ2n) is 6.78. The van der Waals surface area contributed by atoms with E-state index < -0.39 is 0 Å². The average Bonchev–Trinajstić information content (AvgIpc) is 2.82. The van der Waals surface area contributed by atoms with Crippen molar-refractivity contribution in [1.82, 2.24) is 10.3 Å². The maximum absolute atomic E-state index is 12.2. The van der Waals surface area contributed by atoms with Crippen LogP contribution in [0.4, 0.5) is 0 Å². The minimum Gasteiger partial charge on any atom is -0.441 e. The Morgan fingerprint density at radius 3 is 2.62 bits per heavy atom. The predicted octanol–water partition coefficient (Wildman–Crippen LogP) is 5.38. The minimum absolute atomic E-state index is 0.126. The SMILES string of the molecule is Cc1oc(-c2ccc(Cl)cc2)nc1CSCC(=O)NC1CCCCCC1. The van der Waals surface area contributed by atoms with Crippen LogP contribution in [0.5, 0.6) is 0 Å². The van der Waals surface area contributed by atoms with Gasteiger partial charge in [0.05, 0.1) is 11.4 Å². The molecule has 0 spiro atoms. The summed E-state index contributed by atoms with van der Waals surface area (Å²) in [5.41, 5.74) is 1.79. The molecule has 1 aromatic carbocycles. The summed E-state index contributed by atoms with van der Waals surface area (Å²) in [5, 5.41) is 3.87. The molecule has 1 aromatic heterocycles. The molecule has 0 saturated heterocycles. The normalized spacial score (nSPS) is 15.6. The first-order chi connectivity index (χ1) is 12.6. The Hall–Kier alpha value is -1.46. The Labute approximate surface area is 164 Å². The van der Waals surface area contributed by atoms with Gasteiger partial charge in [-0.1, -0.05) is 37.3 Å². The fourth-order valence-corrected chi connectivity index (χ4v) is 4.17. The number of nitrogens with zero attached hydrogens (tertiary/aromatic N) is 1. The van der Waals surface area contributed by atoms with Gasteiger partial charge in [0, 0.05) is 22.4 Å². The van der Waals surface area contributed by atoms with Crippen molar-refractivity contribution in [2.45, 2.75) is 57.2 Å². The van der Waals surface area contributed by atoms with Crippen molar-refractivity contribution in [2.75, 3.05) is 5.75 Å². The second kappa shape index (κ2) is 9.47. The van der Waals surface area contributed by atoms with E-state index in [1.54, 1.807) is 11.8 Å². The number of benzene rings is 1. The van der Waals surface area contributed by atoms with E-state index in [2.05, 4.69) is 10.3 Å². The summed E-state index contributed by atoms with van der Waals surface area (Å²) in [4.78, 5) is 16.7. The van der Waals surface area contributed by atoms with Crippen LogP contribution in [-0.4, -0.2) is 22.7 Å². The molecule has 0 radical (unpaired) electrons. The van der Waals surface area contributed by atoms with Crippen LogP contribution in [0.15, 0.2) is 28.7 Å². The maximum atomic E-state index is 12.2. The lowest BCUT2D eigenvalue weighted by molar-refractivity contribution is -0.119. The Morgan fingerprint density at radius 2 is 1.92 bits per heavy atom. The second-order valence-corrected chi connectivity index (χ2v) is 8.20. The molecule has 1 aliphatic rings. The highest BCUT2D eigenvalue weighted by Crippen LogP contribution is 2.25. The van der Waals surface area contributed by atoms with Crippen molar-refractivity contribution in [3.05, 3.63) is 40.7 Å². The van der Waals surface area contributed by atoms with Gasteiger partial charge in [-0.25, -0.2) is 4.98 Å². The highest BCUT2D eigenvalue weighted by molar-refractivity contribution is 7.99. The van der Waals surface area contributed by atoms with Gasteiger partial charge in [-0.15, -0.1) is 11.8 Å². The fourth-order valence-electron chi connectivity index (χ4n) is 3.21. The van der Waals surface area contributed by atoms with Crippen LogP contribution in [0.2, 0.25) is 5.02 Å². The van der Waals surface area contributed by atoms with E-state index in [4.69, 9.17) is 16.0 Å². The summed E-state index contributed by atoms with van der Waals surface area (Å²) < 4.78 is 5.77. The number of carbonyl (C=O) groups excluding carboxylic acids is 1. The summed E-state index contributed by atoms with van der Waals surface area (Å²) in [5.74, 6) is 2.64. The van der Waals surface area contributed by atoms with E-state index >= 15 is 0 Å². The average molecular weight is 393 g/mol. The molecule has 0 aliphatic heterocycles. The van der Waals surface area contributed by atoms with Crippen LogP contribution in [-0.2, 0) is 10.5 Å². The van der Waals surface area contributed by atoms with Crippen molar-refractivity contribution in [1.29, 1.82) is 0 Å². The van der Waals surface area contributed by atoms with Crippen LogP contribution in [0.25, 0.3) is 11.5 Å². The molecule has 1 fully saturated rings. The molecule has 4 nitrogen and oxygen atoms in total. The van der Waals surface area contributed by atoms with Gasteiger partial charge in [0.15, 0.2) is 0 Å². The van der Waals surface area contributed by atoms with Crippen LogP contribution in [0, 0.1) is 6.92 Å². The number of aryl methyl sites for hydroxylation is 1. The van der Waals surface area contributed by atoms with E-state index in [1.807, 2.05) is 31.2 Å². The van der Waals surface area contributed by atoms with Gasteiger partial charge in [0.1, 0.15) is 5.76 Å². The highest BCUT2D eigenvalue weighted by atomic mass is 35.5. The number of carbonyl (C=O) groups is 1. The molecular formula is C20H25ClN2O2S. The van der Waals surface area contributed by atoms with Gasteiger partial charge in [-0.05, 0) is 44.0 Å². The molecule has 1 amide bonds. The maximum Gasteiger partial charge on any atom is 0.230 e. The molecule has 26 heavy (non-hydrogen) atoms. The largest absolute Gasteiger partial charge is 0.441 e. The van der Waals surface area contributed by atoms with Crippen molar-refractivity contribution in [3.8, 4) is 11.5 Å². The Kier molecular flexibility index (Phi) is 7.03. The van der Waals surface area contributed by atoms with Gasteiger partial charge in [-0.3, -0.25) is 4.79 Å². The van der Waals surface area contributed by atoms with Crippen LogP contribution in [0.1, 0.15) is 50.0 Å². The minimum atomic E-state index is 0.126. The third-order valence-corrected chi connectivity index (χ3v) is 5.87. The third-order valence-electron chi connectivity index (χ3n) is 4.68. The lowest BCUT2D eigenvalue weighted by Gasteiger charge is -2.15. The third kappa shape index (κ3) is 5.52. The van der Waals surface area contributed by atoms with Crippen molar-refractivity contribution in [2.24, 2.45) is 0 Å². The number of hydrogen-bond donors (Lipinski definition) is 1. The number of rotatable bonds is 6. The standard InChI is InChI=1S/C20H25ClN2O2S/c1-14-18(23-20(25-14)15-8-10-16(21)11-9-15)12-26-13-19(24)22-17-6-4-2-3-5-7-17/h8-11,17H,2-7,12-13H2,1H3,(H,22,24). The molecule has 0 unspecified atom stereocenters. The molecule has 1 N–H and O–H groups in total.